The lowest BCUT2D eigenvalue weighted by Gasteiger charge is -2.42. The number of anilines is 1. The molecule has 0 aromatic heterocycles. The van der Waals surface area contributed by atoms with Crippen LogP contribution in [0.5, 0.6) is 0 Å². The van der Waals surface area contributed by atoms with E-state index < -0.39 is 0 Å². The van der Waals surface area contributed by atoms with E-state index in [-0.39, 0.29) is 5.54 Å². The van der Waals surface area contributed by atoms with Crippen molar-refractivity contribution in [3.63, 3.8) is 0 Å². The molecular formula is C15H24N2. The summed E-state index contributed by atoms with van der Waals surface area (Å²) in [6.07, 6.45) is 2.54. The van der Waals surface area contributed by atoms with Gasteiger partial charge in [-0.3, -0.25) is 0 Å². The molecule has 1 aliphatic rings. The highest BCUT2D eigenvalue weighted by atomic mass is 15.2. The van der Waals surface area contributed by atoms with Crippen LogP contribution in [0.3, 0.4) is 0 Å². The summed E-state index contributed by atoms with van der Waals surface area (Å²) in [5.74, 6) is 0. The molecule has 1 atom stereocenters. The number of likely N-dealkylation sites (N-methyl/N-ethyl adjacent to an activating group) is 1. The van der Waals surface area contributed by atoms with Gasteiger partial charge in [-0.2, -0.15) is 0 Å². The molecule has 2 rings (SSSR count). The zero-order valence-electron chi connectivity index (χ0n) is 11.5. The molecule has 2 heteroatoms. The van der Waals surface area contributed by atoms with Crippen LogP contribution in [0.15, 0.2) is 18.2 Å². The highest BCUT2D eigenvalue weighted by molar-refractivity contribution is 5.55. The van der Waals surface area contributed by atoms with Crippen LogP contribution in [0.4, 0.5) is 5.69 Å². The number of benzene rings is 1. The molecule has 94 valence electrons. The minimum Gasteiger partial charge on any atom is -0.369 e. The summed E-state index contributed by atoms with van der Waals surface area (Å²) < 4.78 is 0. The molecule has 0 bridgehead atoms. The van der Waals surface area contributed by atoms with Gasteiger partial charge in [-0.05, 0) is 57.9 Å². The third kappa shape index (κ3) is 2.63. The van der Waals surface area contributed by atoms with Crippen molar-refractivity contribution in [2.45, 2.75) is 39.2 Å². The summed E-state index contributed by atoms with van der Waals surface area (Å²) >= 11 is 0. The molecule has 0 amide bonds. The maximum Gasteiger partial charge on any atom is 0.0399 e. The zero-order valence-corrected chi connectivity index (χ0v) is 11.5. The first-order valence-electron chi connectivity index (χ1n) is 6.55. The Hall–Kier alpha value is -1.02. The molecule has 1 saturated heterocycles. The Morgan fingerprint density at radius 2 is 2.06 bits per heavy atom. The highest BCUT2D eigenvalue weighted by Gasteiger charge is 2.29. The van der Waals surface area contributed by atoms with Crippen molar-refractivity contribution in [2.75, 3.05) is 25.0 Å². The lowest BCUT2D eigenvalue weighted by molar-refractivity contribution is 0.316. The predicted octanol–water partition coefficient (Wildman–Crippen LogP) is 2.88. The number of hydrogen-bond donors (Lipinski definition) is 1. The lowest BCUT2D eigenvalue weighted by Crippen LogP contribution is -2.54. The number of nitrogens with zero attached hydrogens (tertiary/aromatic N) is 1. The van der Waals surface area contributed by atoms with Crippen molar-refractivity contribution < 1.29 is 0 Å². The summed E-state index contributed by atoms with van der Waals surface area (Å²) in [7, 11) is 2.08. The SMILES string of the molecule is CNC1(C)CCCN(c2cc(C)ccc2C)C1. The summed E-state index contributed by atoms with van der Waals surface area (Å²) in [5.41, 5.74) is 4.40. The topological polar surface area (TPSA) is 15.3 Å². The average molecular weight is 232 g/mol. The van der Waals surface area contributed by atoms with Crippen LogP contribution in [0.2, 0.25) is 0 Å². The molecular weight excluding hydrogens is 208 g/mol. The fourth-order valence-electron chi connectivity index (χ4n) is 2.71. The smallest absolute Gasteiger partial charge is 0.0399 e. The summed E-state index contributed by atoms with van der Waals surface area (Å²) in [6.45, 7) is 8.99. The Kier molecular flexibility index (Phi) is 3.43. The van der Waals surface area contributed by atoms with E-state index in [2.05, 4.69) is 56.2 Å². The monoisotopic (exact) mass is 232 g/mol. The summed E-state index contributed by atoms with van der Waals surface area (Å²) in [6, 6.07) is 6.74. The quantitative estimate of drug-likeness (QED) is 0.843. The first-order valence-corrected chi connectivity index (χ1v) is 6.55. The first-order chi connectivity index (χ1) is 8.04. The van der Waals surface area contributed by atoms with Crippen molar-refractivity contribution in [1.82, 2.24) is 5.32 Å². The van der Waals surface area contributed by atoms with E-state index in [1.807, 2.05) is 0 Å². The van der Waals surface area contributed by atoms with E-state index in [1.54, 1.807) is 0 Å². The van der Waals surface area contributed by atoms with Crippen molar-refractivity contribution in [2.24, 2.45) is 0 Å². The lowest BCUT2D eigenvalue weighted by atomic mass is 9.90. The minimum absolute atomic E-state index is 0.258. The number of rotatable bonds is 2. The Labute approximate surface area is 105 Å². The predicted molar refractivity (Wildman–Crippen MR) is 74.8 cm³/mol. The fraction of sp³-hybridized carbons (Fsp3) is 0.600. The van der Waals surface area contributed by atoms with Crippen molar-refractivity contribution >= 4 is 5.69 Å². The van der Waals surface area contributed by atoms with Crippen LogP contribution >= 0.6 is 0 Å². The van der Waals surface area contributed by atoms with Crippen LogP contribution in [0.25, 0.3) is 0 Å². The van der Waals surface area contributed by atoms with Gasteiger partial charge >= 0.3 is 0 Å². The van der Waals surface area contributed by atoms with Gasteiger partial charge in [-0.1, -0.05) is 12.1 Å². The van der Waals surface area contributed by atoms with Gasteiger partial charge in [-0.25, -0.2) is 0 Å². The number of piperidine rings is 1. The second kappa shape index (κ2) is 4.69. The standard InChI is InChI=1S/C15H24N2/c1-12-6-7-13(2)14(10-12)17-9-5-8-15(3,11-17)16-4/h6-7,10,16H,5,8-9,11H2,1-4H3. The highest BCUT2D eigenvalue weighted by Crippen LogP contribution is 2.28. The maximum atomic E-state index is 3.47. The van der Waals surface area contributed by atoms with Crippen molar-refractivity contribution in [3.8, 4) is 0 Å². The number of hydrogen-bond acceptors (Lipinski definition) is 2. The van der Waals surface area contributed by atoms with Gasteiger partial charge in [-0.15, -0.1) is 0 Å². The van der Waals surface area contributed by atoms with E-state index in [4.69, 9.17) is 0 Å². The van der Waals surface area contributed by atoms with E-state index in [0.29, 0.717) is 0 Å². The largest absolute Gasteiger partial charge is 0.369 e. The van der Waals surface area contributed by atoms with Gasteiger partial charge in [0, 0.05) is 24.3 Å². The summed E-state index contributed by atoms with van der Waals surface area (Å²) in [4.78, 5) is 2.53. The van der Waals surface area contributed by atoms with E-state index in [0.717, 1.165) is 6.54 Å². The van der Waals surface area contributed by atoms with Crippen molar-refractivity contribution in [1.29, 1.82) is 0 Å². The van der Waals surface area contributed by atoms with Crippen molar-refractivity contribution in [3.05, 3.63) is 29.3 Å². The molecule has 1 fully saturated rings. The minimum atomic E-state index is 0.258. The second-order valence-corrected chi connectivity index (χ2v) is 5.63. The second-order valence-electron chi connectivity index (χ2n) is 5.63. The van der Waals surface area contributed by atoms with Crippen LogP contribution < -0.4 is 10.2 Å². The van der Waals surface area contributed by atoms with Gasteiger partial charge in [0.25, 0.3) is 0 Å². The molecule has 1 heterocycles. The fourth-order valence-corrected chi connectivity index (χ4v) is 2.71. The molecule has 1 aromatic rings. The Morgan fingerprint density at radius 3 is 2.76 bits per heavy atom. The summed E-state index contributed by atoms with van der Waals surface area (Å²) in [5, 5.41) is 3.47. The van der Waals surface area contributed by atoms with Crippen LogP contribution in [0.1, 0.15) is 30.9 Å². The van der Waals surface area contributed by atoms with E-state index in [9.17, 15) is 0 Å². The van der Waals surface area contributed by atoms with Crippen LogP contribution in [-0.4, -0.2) is 25.7 Å². The number of nitrogens with one attached hydrogen (secondary N) is 1. The van der Waals surface area contributed by atoms with Crippen LogP contribution in [0, 0.1) is 13.8 Å². The molecule has 1 aliphatic heterocycles. The zero-order chi connectivity index (χ0) is 12.5. The van der Waals surface area contributed by atoms with Gasteiger partial charge in [0.15, 0.2) is 0 Å². The van der Waals surface area contributed by atoms with Gasteiger partial charge < -0.3 is 10.2 Å². The van der Waals surface area contributed by atoms with E-state index in [1.165, 1.54) is 36.2 Å². The van der Waals surface area contributed by atoms with Crippen LogP contribution in [-0.2, 0) is 0 Å². The van der Waals surface area contributed by atoms with Gasteiger partial charge in [0.2, 0.25) is 0 Å². The van der Waals surface area contributed by atoms with Gasteiger partial charge in [0.05, 0.1) is 0 Å². The Bertz CT molecular complexity index is 400. The molecule has 2 nitrogen and oxygen atoms in total. The molecule has 1 aromatic carbocycles. The molecule has 17 heavy (non-hydrogen) atoms. The normalized spacial score (nSPS) is 25.1. The third-order valence-electron chi connectivity index (χ3n) is 4.01. The average Bonchev–Trinajstić information content (AvgIpc) is 2.32. The molecule has 1 N–H and O–H groups in total. The van der Waals surface area contributed by atoms with E-state index >= 15 is 0 Å². The molecule has 0 spiro atoms. The first kappa shape index (κ1) is 12.4. The Balaban J connectivity index is 2.24. The van der Waals surface area contributed by atoms with Gasteiger partial charge in [0.1, 0.15) is 0 Å². The Morgan fingerprint density at radius 1 is 1.29 bits per heavy atom. The maximum absolute atomic E-state index is 3.47. The molecule has 0 saturated carbocycles. The third-order valence-corrected chi connectivity index (χ3v) is 4.01. The molecule has 0 radical (unpaired) electrons. The molecule has 1 unspecified atom stereocenters. The number of aryl methyl sites for hydroxylation is 2. The molecule has 0 aliphatic carbocycles.